The fraction of sp³-hybridized carbons (Fsp3) is 0.938. The highest BCUT2D eigenvalue weighted by atomic mass is 32.2. The highest BCUT2D eigenvalue weighted by molar-refractivity contribution is 7.99. The molecule has 3 nitrogen and oxygen atoms in total. The van der Waals surface area contributed by atoms with E-state index < -0.39 is 0 Å². The van der Waals surface area contributed by atoms with Gasteiger partial charge in [0.25, 0.3) is 0 Å². The van der Waals surface area contributed by atoms with Crippen LogP contribution in [0.3, 0.4) is 0 Å². The molecule has 1 rings (SSSR count). The summed E-state index contributed by atoms with van der Waals surface area (Å²) in [7, 11) is 0. The average molecular weight is 301 g/mol. The van der Waals surface area contributed by atoms with Gasteiger partial charge in [0, 0.05) is 24.9 Å². The molecule has 4 heteroatoms. The molecule has 0 bridgehead atoms. The van der Waals surface area contributed by atoms with E-state index in [2.05, 4.69) is 37.4 Å². The van der Waals surface area contributed by atoms with Crippen molar-refractivity contribution in [2.45, 2.75) is 58.1 Å². The van der Waals surface area contributed by atoms with Crippen LogP contribution in [-0.4, -0.2) is 59.4 Å². The van der Waals surface area contributed by atoms with Gasteiger partial charge in [-0.15, -0.1) is 0 Å². The van der Waals surface area contributed by atoms with Crippen LogP contribution in [-0.2, 0) is 4.79 Å². The third-order valence-electron chi connectivity index (χ3n) is 3.81. The summed E-state index contributed by atoms with van der Waals surface area (Å²) in [4.78, 5) is 16.9. The van der Waals surface area contributed by atoms with Gasteiger partial charge in [-0.1, -0.05) is 27.2 Å². The molecule has 0 aromatic rings. The number of carbonyl (C=O) groups excluding carboxylic acids is 1. The molecule has 0 aliphatic carbocycles. The minimum absolute atomic E-state index is 0.329. The van der Waals surface area contributed by atoms with Crippen molar-refractivity contribution in [1.82, 2.24) is 9.80 Å². The first-order valence-corrected chi connectivity index (χ1v) is 9.37. The van der Waals surface area contributed by atoms with Crippen LogP contribution in [0.5, 0.6) is 0 Å². The van der Waals surface area contributed by atoms with Crippen molar-refractivity contribution in [2.75, 3.05) is 38.5 Å². The number of amides is 1. The van der Waals surface area contributed by atoms with Gasteiger partial charge in [0.05, 0.1) is 6.54 Å². The van der Waals surface area contributed by atoms with Gasteiger partial charge in [-0.3, -0.25) is 9.69 Å². The molecule has 0 unspecified atom stereocenters. The van der Waals surface area contributed by atoms with Crippen LogP contribution in [0.1, 0.15) is 52.9 Å². The molecule has 0 aromatic heterocycles. The van der Waals surface area contributed by atoms with Gasteiger partial charge in [-0.05, 0) is 38.0 Å². The SMILES string of the molecule is CCCN(CCC)C(=O)CN1CCCC[C@H](SCC)C1. The van der Waals surface area contributed by atoms with Crippen LogP contribution in [0.15, 0.2) is 0 Å². The van der Waals surface area contributed by atoms with E-state index in [1.807, 2.05) is 4.90 Å². The Hall–Kier alpha value is -0.220. The molecule has 1 atom stereocenters. The van der Waals surface area contributed by atoms with Crippen LogP contribution in [0, 0.1) is 0 Å². The molecular formula is C16H32N2OS. The minimum Gasteiger partial charge on any atom is -0.342 e. The number of carbonyl (C=O) groups is 1. The molecule has 1 amide bonds. The lowest BCUT2D eigenvalue weighted by Crippen LogP contribution is -2.42. The van der Waals surface area contributed by atoms with E-state index >= 15 is 0 Å². The standard InChI is InChI=1S/C16H32N2OS/c1-4-10-18(11-5-2)16(19)14-17-12-8-7-9-15(13-17)20-6-3/h15H,4-14H2,1-3H3/t15-/m0/s1. The van der Waals surface area contributed by atoms with Crippen molar-refractivity contribution < 1.29 is 4.79 Å². The van der Waals surface area contributed by atoms with Crippen molar-refractivity contribution in [1.29, 1.82) is 0 Å². The van der Waals surface area contributed by atoms with Gasteiger partial charge < -0.3 is 4.90 Å². The van der Waals surface area contributed by atoms with Crippen molar-refractivity contribution in [3.8, 4) is 0 Å². The van der Waals surface area contributed by atoms with Crippen LogP contribution < -0.4 is 0 Å². The summed E-state index contributed by atoms with van der Waals surface area (Å²) in [5.74, 6) is 1.51. The van der Waals surface area contributed by atoms with Crippen LogP contribution >= 0.6 is 11.8 Å². The van der Waals surface area contributed by atoms with Gasteiger partial charge in [-0.25, -0.2) is 0 Å². The molecule has 118 valence electrons. The topological polar surface area (TPSA) is 23.6 Å². The molecule has 0 N–H and O–H groups in total. The third-order valence-corrected chi connectivity index (χ3v) is 5.00. The zero-order chi connectivity index (χ0) is 14.8. The summed E-state index contributed by atoms with van der Waals surface area (Å²) in [5, 5.41) is 0.723. The van der Waals surface area contributed by atoms with Crippen molar-refractivity contribution in [3.05, 3.63) is 0 Å². The van der Waals surface area contributed by atoms with Gasteiger partial charge >= 0.3 is 0 Å². The largest absolute Gasteiger partial charge is 0.342 e. The maximum absolute atomic E-state index is 12.4. The number of likely N-dealkylation sites (tertiary alicyclic amines) is 1. The predicted octanol–water partition coefficient (Wildman–Crippen LogP) is 3.24. The second-order valence-electron chi connectivity index (χ2n) is 5.69. The number of rotatable bonds is 8. The summed E-state index contributed by atoms with van der Waals surface area (Å²) in [6, 6.07) is 0. The molecule has 20 heavy (non-hydrogen) atoms. The molecule has 1 heterocycles. The summed E-state index contributed by atoms with van der Waals surface area (Å²) < 4.78 is 0. The molecule has 0 aromatic carbocycles. The smallest absolute Gasteiger partial charge is 0.236 e. The lowest BCUT2D eigenvalue weighted by molar-refractivity contribution is -0.132. The van der Waals surface area contributed by atoms with Gasteiger partial charge in [0.1, 0.15) is 0 Å². The molecule has 0 radical (unpaired) electrons. The molecule has 1 aliphatic heterocycles. The Balaban J connectivity index is 2.48. The number of hydrogen-bond acceptors (Lipinski definition) is 3. The van der Waals surface area contributed by atoms with E-state index in [4.69, 9.17) is 0 Å². The second kappa shape index (κ2) is 10.5. The maximum Gasteiger partial charge on any atom is 0.236 e. The fourth-order valence-electron chi connectivity index (χ4n) is 2.89. The molecule has 1 fully saturated rings. The lowest BCUT2D eigenvalue weighted by Gasteiger charge is -2.27. The summed E-state index contributed by atoms with van der Waals surface area (Å²) in [5.41, 5.74) is 0. The number of hydrogen-bond donors (Lipinski definition) is 0. The van der Waals surface area contributed by atoms with Gasteiger partial charge in [-0.2, -0.15) is 11.8 Å². The number of nitrogens with zero attached hydrogens (tertiary/aromatic N) is 2. The Kier molecular flexibility index (Phi) is 9.36. The van der Waals surface area contributed by atoms with E-state index in [-0.39, 0.29) is 0 Å². The molecule has 1 aliphatic rings. The average Bonchev–Trinajstić information content (AvgIpc) is 2.64. The van der Waals surface area contributed by atoms with Crippen molar-refractivity contribution in [2.24, 2.45) is 0 Å². The van der Waals surface area contributed by atoms with Crippen LogP contribution in [0.2, 0.25) is 0 Å². The summed E-state index contributed by atoms with van der Waals surface area (Å²) >= 11 is 2.06. The lowest BCUT2D eigenvalue weighted by atomic mass is 10.2. The van der Waals surface area contributed by atoms with Crippen molar-refractivity contribution in [3.63, 3.8) is 0 Å². The molecule has 0 saturated carbocycles. The monoisotopic (exact) mass is 300 g/mol. The first-order chi connectivity index (χ1) is 9.71. The van der Waals surface area contributed by atoms with Gasteiger partial charge in [0.2, 0.25) is 5.91 Å². The maximum atomic E-state index is 12.4. The Bertz CT molecular complexity index is 267. The Morgan fingerprint density at radius 3 is 2.50 bits per heavy atom. The molecular weight excluding hydrogens is 268 g/mol. The fourth-order valence-corrected chi connectivity index (χ4v) is 4.01. The minimum atomic E-state index is 0.329. The Morgan fingerprint density at radius 1 is 1.20 bits per heavy atom. The van der Waals surface area contributed by atoms with E-state index in [0.717, 1.165) is 44.3 Å². The van der Waals surface area contributed by atoms with E-state index in [1.165, 1.54) is 25.0 Å². The molecule has 1 saturated heterocycles. The normalized spacial score (nSPS) is 20.6. The Morgan fingerprint density at radius 2 is 1.90 bits per heavy atom. The zero-order valence-electron chi connectivity index (χ0n) is 13.6. The molecule has 0 spiro atoms. The first kappa shape index (κ1) is 17.8. The zero-order valence-corrected chi connectivity index (χ0v) is 14.4. The summed E-state index contributed by atoms with van der Waals surface area (Å²) in [6.45, 7) is 11.2. The van der Waals surface area contributed by atoms with Crippen LogP contribution in [0.4, 0.5) is 0 Å². The van der Waals surface area contributed by atoms with E-state index in [0.29, 0.717) is 12.5 Å². The van der Waals surface area contributed by atoms with E-state index in [1.54, 1.807) is 0 Å². The van der Waals surface area contributed by atoms with Crippen molar-refractivity contribution >= 4 is 17.7 Å². The number of thioether (sulfide) groups is 1. The predicted molar refractivity (Wildman–Crippen MR) is 89.4 cm³/mol. The quantitative estimate of drug-likeness (QED) is 0.687. The highest BCUT2D eigenvalue weighted by Gasteiger charge is 2.21. The van der Waals surface area contributed by atoms with Gasteiger partial charge in [0.15, 0.2) is 0 Å². The third kappa shape index (κ3) is 6.49. The first-order valence-electron chi connectivity index (χ1n) is 8.32. The summed E-state index contributed by atoms with van der Waals surface area (Å²) in [6.07, 6.45) is 5.99. The Labute approximate surface area is 129 Å². The van der Waals surface area contributed by atoms with Crippen LogP contribution in [0.25, 0.3) is 0 Å². The second-order valence-corrected chi connectivity index (χ2v) is 7.27. The van der Waals surface area contributed by atoms with E-state index in [9.17, 15) is 4.79 Å². The highest BCUT2D eigenvalue weighted by Crippen LogP contribution is 2.21.